The van der Waals surface area contributed by atoms with E-state index in [1.807, 2.05) is 29.2 Å². The molecule has 1 aliphatic rings. The molecule has 1 aliphatic heterocycles. The first-order valence-corrected chi connectivity index (χ1v) is 10.6. The first-order valence-electron chi connectivity index (χ1n) is 9.42. The van der Waals surface area contributed by atoms with E-state index in [0.717, 1.165) is 47.7 Å². The zero-order chi connectivity index (χ0) is 19.2. The van der Waals surface area contributed by atoms with Crippen LogP contribution in [0.4, 0.5) is 0 Å². The van der Waals surface area contributed by atoms with Gasteiger partial charge in [-0.3, -0.25) is 4.79 Å². The molecule has 4 nitrogen and oxygen atoms in total. The van der Waals surface area contributed by atoms with Gasteiger partial charge in [-0.25, -0.2) is 0 Å². The van der Waals surface area contributed by atoms with E-state index in [2.05, 4.69) is 43.3 Å². The summed E-state index contributed by atoms with van der Waals surface area (Å²) in [7, 11) is 4.15. The number of carbonyl (C=O) groups is 1. The summed E-state index contributed by atoms with van der Waals surface area (Å²) in [5, 5.41) is 8.86. The van der Waals surface area contributed by atoms with Gasteiger partial charge in [-0.15, -0.1) is 0 Å². The van der Waals surface area contributed by atoms with Gasteiger partial charge in [-0.05, 0) is 49.3 Å². The quantitative estimate of drug-likeness (QED) is 0.744. The summed E-state index contributed by atoms with van der Waals surface area (Å²) < 4.78 is 0. The van der Waals surface area contributed by atoms with E-state index in [9.17, 15) is 4.79 Å². The molecule has 1 N–H and O–H groups in total. The number of aliphatic hydroxyl groups is 1. The van der Waals surface area contributed by atoms with Gasteiger partial charge in [0.2, 0.25) is 0 Å². The Balaban J connectivity index is 1.62. The second-order valence-electron chi connectivity index (χ2n) is 7.21. The van der Waals surface area contributed by atoms with Crippen LogP contribution in [-0.4, -0.2) is 66.4 Å². The molecule has 0 aliphatic carbocycles. The lowest BCUT2D eigenvalue weighted by molar-refractivity contribution is 0.0783. The van der Waals surface area contributed by atoms with Gasteiger partial charge in [0.1, 0.15) is 0 Å². The van der Waals surface area contributed by atoms with E-state index < -0.39 is 0 Å². The van der Waals surface area contributed by atoms with Gasteiger partial charge in [-0.2, -0.15) is 11.8 Å². The summed E-state index contributed by atoms with van der Waals surface area (Å²) >= 11 is 1.73. The summed E-state index contributed by atoms with van der Waals surface area (Å²) in [6.07, 6.45) is 1.04. The molecule has 1 unspecified atom stereocenters. The lowest BCUT2D eigenvalue weighted by Crippen LogP contribution is -2.34. The molecule has 1 atom stereocenters. The highest BCUT2D eigenvalue weighted by atomic mass is 32.2. The number of rotatable bonds is 7. The van der Waals surface area contributed by atoms with Crippen LogP contribution in [0.15, 0.2) is 48.5 Å². The minimum atomic E-state index is 0.127. The maximum atomic E-state index is 12.7. The molecule has 2 aromatic rings. The number of benzene rings is 2. The van der Waals surface area contributed by atoms with Crippen molar-refractivity contribution in [3.8, 4) is 11.1 Å². The van der Waals surface area contributed by atoms with E-state index in [1.165, 1.54) is 5.56 Å². The first kappa shape index (κ1) is 19.9. The Morgan fingerprint density at radius 1 is 1.11 bits per heavy atom. The second kappa shape index (κ2) is 9.40. The zero-order valence-electron chi connectivity index (χ0n) is 16.1. The molecule has 1 saturated heterocycles. The standard InChI is InChI=1S/C22H28N2O2S/c1-23(2)21-11-12-24(15-21)22(26)20-9-7-19(8-10-20)18-5-3-17(4-6-18)16-27-14-13-25/h3-10,21,25H,11-16H2,1-2H3. The van der Waals surface area contributed by atoms with Crippen molar-refractivity contribution >= 4 is 17.7 Å². The smallest absolute Gasteiger partial charge is 0.253 e. The van der Waals surface area contributed by atoms with Gasteiger partial charge in [0.25, 0.3) is 5.91 Å². The number of hydrogen-bond donors (Lipinski definition) is 1. The average Bonchev–Trinajstić information content (AvgIpc) is 3.19. The van der Waals surface area contributed by atoms with Crippen LogP contribution in [0.5, 0.6) is 0 Å². The summed E-state index contributed by atoms with van der Waals surface area (Å²) in [5.41, 5.74) is 4.29. The van der Waals surface area contributed by atoms with E-state index in [-0.39, 0.29) is 12.5 Å². The van der Waals surface area contributed by atoms with Crippen LogP contribution < -0.4 is 0 Å². The van der Waals surface area contributed by atoms with Gasteiger partial charge in [0.05, 0.1) is 6.61 Å². The molecule has 5 heteroatoms. The van der Waals surface area contributed by atoms with Crippen LogP contribution in [0, 0.1) is 0 Å². The molecular weight excluding hydrogens is 356 g/mol. The normalized spacial score (nSPS) is 16.9. The van der Waals surface area contributed by atoms with Gasteiger partial charge in [0, 0.05) is 36.2 Å². The average molecular weight is 385 g/mol. The molecule has 144 valence electrons. The number of likely N-dealkylation sites (N-methyl/N-ethyl adjacent to an activating group) is 1. The molecular formula is C22H28N2O2S. The first-order chi connectivity index (χ1) is 13.1. The second-order valence-corrected chi connectivity index (χ2v) is 8.31. The fourth-order valence-corrected chi connectivity index (χ4v) is 4.09. The van der Waals surface area contributed by atoms with Crippen LogP contribution in [0.2, 0.25) is 0 Å². The Labute approximate surface area is 166 Å². The lowest BCUT2D eigenvalue weighted by atomic mass is 10.0. The maximum absolute atomic E-state index is 12.7. The van der Waals surface area contributed by atoms with Crippen LogP contribution >= 0.6 is 11.8 Å². The van der Waals surface area contributed by atoms with Crippen LogP contribution in [0.1, 0.15) is 22.3 Å². The van der Waals surface area contributed by atoms with Crippen molar-refractivity contribution in [1.82, 2.24) is 9.80 Å². The Hall–Kier alpha value is -1.82. The third kappa shape index (κ3) is 5.12. The summed E-state index contributed by atoms with van der Waals surface area (Å²) in [6.45, 7) is 1.86. The topological polar surface area (TPSA) is 43.8 Å². The monoisotopic (exact) mass is 384 g/mol. The van der Waals surface area contributed by atoms with Crippen molar-refractivity contribution in [2.45, 2.75) is 18.2 Å². The number of nitrogens with zero attached hydrogens (tertiary/aromatic N) is 2. The minimum absolute atomic E-state index is 0.127. The maximum Gasteiger partial charge on any atom is 0.253 e. The SMILES string of the molecule is CN(C)C1CCN(C(=O)c2ccc(-c3ccc(CSCCO)cc3)cc2)C1. The zero-order valence-corrected chi connectivity index (χ0v) is 16.9. The molecule has 3 rings (SSSR count). The van der Waals surface area contributed by atoms with Crippen molar-refractivity contribution < 1.29 is 9.90 Å². The lowest BCUT2D eigenvalue weighted by Gasteiger charge is -2.20. The number of carbonyl (C=O) groups excluding carboxylic acids is 1. The van der Waals surface area contributed by atoms with E-state index in [4.69, 9.17) is 5.11 Å². The fraction of sp³-hybridized carbons (Fsp3) is 0.409. The number of thioether (sulfide) groups is 1. The molecule has 0 bridgehead atoms. The fourth-order valence-electron chi connectivity index (χ4n) is 3.38. The van der Waals surface area contributed by atoms with Crippen LogP contribution in [0.25, 0.3) is 11.1 Å². The van der Waals surface area contributed by atoms with E-state index in [0.29, 0.717) is 6.04 Å². The largest absolute Gasteiger partial charge is 0.396 e. The number of amides is 1. The molecule has 1 fully saturated rings. The van der Waals surface area contributed by atoms with Gasteiger partial charge < -0.3 is 14.9 Å². The van der Waals surface area contributed by atoms with Crippen molar-refractivity contribution in [2.75, 3.05) is 39.5 Å². The molecule has 0 radical (unpaired) electrons. The van der Waals surface area contributed by atoms with E-state index >= 15 is 0 Å². The summed E-state index contributed by atoms with van der Waals surface area (Å²) in [6, 6.07) is 16.9. The Kier molecular flexibility index (Phi) is 6.94. The summed E-state index contributed by atoms with van der Waals surface area (Å²) in [4.78, 5) is 16.9. The van der Waals surface area contributed by atoms with Crippen LogP contribution in [0.3, 0.4) is 0 Å². The highest BCUT2D eigenvalue weighted by Gasteiger charge is 2.27. The molecule has 1 amide bonds. The van der Waals surface area contributed by atoms with Gasteiger partial charge in [-0.1, -0.05) is 36.4 Å². The summed E-state index contributed by atoms with van der Waals surface area (Å²) in [5.74, 6) is 1.81. The van der Waals surface area contributed by atoms with E-state index in [1.54, 1.807) is 11.8 Å². The molecule has 27 heavy (non-hydrogen) atoms. The molecule has 0 spiro atoms. The minimum Gasteiger partial charge on any atom is -0.396 e. The predicted molar refractivity (Wildman–Crippen MR) is 113 cm³/mol. The third-order valence-electron chi connectivity index (χ3n) is 5.10. The highest BCUT2D eigenvalue weighted by molar-refractivity contribution is 7.98. The van der Waals surface area contributed by atoms with Gasteiger partial charge in [0.15, 0.2) is 0 Å². The Morgan fingerprint density at radius 2 is 1.74 bits per heavy atom. The van der Waals surface area contributed by atoms with Crippen molar-refractivity contribution in [3.63, 3.8) is 0 Å². The predicted octanol–water partition coefficient (Wildman–Crippen LogP) is 3.36. The number of aliphatic hydroxyl groups excluding tert-OH is 1. The molecule has 0 saturated carbocycles. The van der Waals surface area contributed by atoms with Crippen molar-refractivity contribution in [2.24, 2.45) is 0 Å². The number of hydrogen-bond acceptors (Lipinski definition) is 4. The van der Waals surface area contributed by atoms with Crippen molar-refractivity contribution in [1.29, 1.82) is 0 Å². The Bertz CT molecular complexity index is 744. The third-order valence-corrected chi connectivity index (χ3v) is 6.11. The molecule has 2 aromatic carbocycles. The van der Waals surface area contributed by atoms with Crippen LogP contribution in [-0.2, 0) is 5.75 Å². The highest BCUT2D eigenvalue weighted by Crippen LogP contribution is 2.23. The molecule has 1 heterocycles. The van der Waals surface area contributed by atoms with Crippen molar-refractivity contribution in [3.05, 3.63) is 59.7 Å². The molecule has 0 aromatic heterocycles. The number of likely N-dealkylation sites (tertiary alicyclic amines) is 1. The Morgan fingerprint density at radius 3 is 2.30 bits per heavy atom. The van der Waals surface area contributed by atoms with Gasteiger partial charge >= 0.3 is 0 Å².